The lowest BCUT2D eigenvalue weighted by Gasteiger charge is -2.32. The van der Waals surface area contributed by atoms with Crippen LogP contribution in [0, 0.1) is 0 Å². The SMILES string of the molecule is C=CCC1(C(=O)OC)C=CC(=C)c2ccccc21. The van der Waals surface area contributed by atoms with Crippen molar-refractivity contribution in [3.05, 3.63) is 66.8 Å². The molecule has 1 atom stereocenters. The van der Waals surface area contributed by atoms with E-state index in [4.69, 9.17) is 4.74 Å². The topological polar surface area (TPSA) is 26.3 Å². The molecule has 1 aromatic carbocycles. The molecule has 2 heteroatoms. The van der Waals surface area contributed by atoms with E-state index in [1.165, 1.54) is 7.11 Å². The van der Waals surface area contributed by atoms with Crippen molar-refractivity contribution in [2.75, 3.05) is 7.11 Å². The van der Waals surface area contributed by atoms with Crippen molar-refractivity contribution in [1.29, 1.82) is 0 Å². The first-order chi connectivity index (χ1) is 8.65. The molecule has 18 heavy (non-hydrogen) atoms. The van der Waals surface area contributed by atoms with E-state index in [-0.39, 0.29) is 5.97 Å². The quantitative estimate of drug-likeness (QED) is 0.599. The minimum absolute atomic E-state index is 0.265. The third-order valence-electron chi connectivity index (χ3n) is 3.34. The molecule has 0 saturated carbocycles. The Morgan fingerprint density at radius 1 is 1.44 bits per heavy atom. The Morgan fingerprint density at radius 3 is 2.83 bits per heavy atom. The second kappa shape index (κ2) is 4.65. The molecule has 1 aromatic rings. The lowest BCUT2D eigenvalue weighted by molar-refractivity contribution is -0.145. The van der Waals surface area contributed by atoms with Crippen LogP contribution < -0.4 is 0 Å². The minimum Gasteiger partial charge on any atom is -0.468 e. The van der Waals surface area contributed by atoms with Gasteiger partial charge in [-0.1, -0.05) is 49.1 Å². The summed E-state index contributed by atoms with van der Waals surface area (Å²) in [6.45, 7) is 7.75. The third-order valence-corrected chi connectivity index (χ3v) is 3.34. The van der Waals surface area contributed by atoms with Gasteiger partial charge in [-0.2, -0.15) is 0 Å². The first kappa shape index (κ1) is 12.4. The lowest BCUT2D eigenvalue weighted by Crippen LogP contribution is -2.36. The van der Waals surface area contributed by atoms with Gasteiger partial charge in [0, 0.05) is 0 Å². The molecule has 1 aliphatic rings. The monoisotopic (exact) mass is 240 g/mol. The molecule has 0 amide bonds. The molecule has 0 saturated heterocycles. The Balaban J connectivity index is 2.67. The first-order valence-electron chi connectivity index (χ1n) is 5.83. The number of hydrogen-bond donors (Lipinski definition) is 0. The molecule has 0 spiro atoms. The van der Waals surface area contributed by atoms with E-state index in [0.29, 0.717) is 6.42 Å². The molecule has 0 radical (unpaired) electrons. The van der Waals surface area contributed by atoms with Gasteiger partial charge in [-0.15, -0.1) is 6.58 Å². The number of carbonyl (C=O) groups is 1. The van der Waals surface area contributed by atoms with E-state index < -0.39 is 5.41 Å². The van der Waals surface area contributed by atoms with Crippen LogP contribution in [0.25, 0.3) is 5.57 Å². The zero-order valence-corrected chi connectivity index (χ0v) is 10.5. The van der Waals surface area contributed by atoms with Gasteiger partial charge in [-0.3, -0.25) is 4.79 Å². The Morgan fingerprint density at radius 2 is 2.17 bits per heavy atom. The maximum atomic E-state index is 12.2. The number of allylic oxidation sites excluding steroid dienone is 3. The van der Waals surface area contributed by atoms with Crippen LogP contribution in [0.15, 0.2) is 55.7 Å². The molecule has 1 aliphatic carbocycles. The summed E-state index contributed by atoms with van der Waals surface area (Å²) < 4.78 is 4.97. The number of esters is 1. The Kier molecular flexibility index (Phi) is 3.19. The molecule has 92 valence electrons. The Labute approximate surface area is 107 Å². The van der Waals surface area contributed by atoms with Crippen LogP contribution in [0.5, 0.6) is 0 Å². The van der Waals surface area contributed by atoms with Crippen molar-refractivity contribution >= 4 is 11.5 Å². The van der Waals surface area contributed by atoms with Gasteiger partial charge >= 0.3 is 5.97 Å². The number of methoxy groups -OCH3 is 1. The molecule has 0 heterocycles. The number of benzene rings is 1. The zero-order chi connectivity index (χ0) is 13.2. The number of fused-ring (bicyclic) bond motifs is 1. The van der Waals surface area contributed by atoms with Gasteiger partial charge in [-0.25, -0.2) is 0 Å². The summed E-state index contributed by atoms with van der Waals surface area (Å²) in [5.74, 6) is -0.265. The molecule has 0 N–H and O–H groups in total. The van der Waals surface area contributed by atoms with Crippen LogP contribution in [-0.4, -0.2) is 13.1 Å². The summed E-state index contributed by atoms with van der Waals surface area (Å²) in [6, 6.07) is 7.79. The zero-order valence-electron chi connectivity index (χ0n) is 10.5. The molecule has 0 bridgehead atoms. The van der Waals surface area contributed by atoms with Crippen LogP contribution in [0.1, 0.15) is 17.5 Å². The summed E-state index contributed by atoms with van der Waals surface area (Å²) in [4.78, 5) is 12.2. The highest BCUT2D eigenvalue weighted by Crippen LogP contribution is 2.40. The van der Waals surface area contributed by atoms with Gasteiger partial charge in [0.25, 0.3) is 0 Å². The van der Waals surface area contributed by atoms with Gasteiger partial charge in [0.05, 0.1) is 7.11 Å². The van der Waals surface area contributed by atoms with Gasteiger partial charge < -0.3 is 4.74 Å². The maximum absolute atomic E-state index is 12.2. The van der Waals surface area contributed by atoms with Crippen molar-refractivity contribution in [2.24, 2.45) is 0 Å². The van der Waals surface area contributed by atoms with Crippen LogP contribution in [0.2, 0.25) is 0 Å². The third kappa shape index (κ3) is 1.70. The predicted octanol–water partition coefficient (Wildman–Crippen LogP) is 3.26. The van der Waals surface area contributed by atoms with Crippen molar-refractivity contribution in [2.45, 2.75) is 11.8 Å². The molecular formula is C16H16O2. The van der Waals surface area contributed by atoms with Crippen LogP contribution in [0.3, 0.4) is 0 Å². The summed E-state index contributed by atoms with van der Waals surface area (Å²) in [7, 11) is 1.41. The molecule has 2 rings (SSSR count). The van der Waals surface area contributed by atoms with Crippen LogP contribution in [0.4, 0.5) is 0 Å². The standard InChI is InChI=1S/C16H16O2/c1-4-10-16(15(17)18-3)11-9-12(2)13-7-5-6-8-14(13)16/h4-9,11H,1-2,10H2,3H3. The van der Waals surface area contributed by atoms with Crippen LogP contribution in [-0.2, 0) is 14.9 Å². The fourth-order valence-electron chi connectivity index (χ4n) is 2.42. The molecule has 0 fully saturated rings. The molecule has 2 nitrogen and oxygen atoms in total. The fourth-order valence-corrected chi connectivity index (χ4v) is 2.42. The molecule has 0 aliphatic heterocycles. The highest BCUT2D eigenvalue weighted by Gasteiger charge is 2.41. The summed E-state index contributed by atoms with van der Waals surface area (Å²) in [5.41, 5.74) is 2.07. The van der Waals surface area contributed by atoms with Gasteiger partial charge in [-0.05, 0) is 23.1 Å². The highest BCUT2D eigenvalue weighted by atomic mass is 16.5. The van der Waals surface area contributed by atoms with Gasteiger partial charge in [0.1, 0.15) is 5.41 Å². The van der Waals surface area contributed by atoms with Crippen molar-refractivity contribution < 1.29 is 9.53 Å². The van der Waals surface area contributed by atoms with E-state index in [1.54, 1.807) is 6.08 Å². The maximum Gasteiger partial charge on any atom is 0.320 e. The van der Waals surface area contributed by atoms with Gasteiger partial charge in [0.2, 0.25) is 0 Å². The number of hydrogen-bond acceptors (Lipinski definition) is 2. The summed E-state index contributed by atoms with van der Waals surface area (Å²) in [5, 5.41) is 0. The molecule has 0 aromatic heterocycles. The highest BCUT2D eigenvalue weighted by molar-refractivity contribution is 5.92. The second-order valence-electron chi connectivity index (χ2n) is 4.36. The number of carbonyl (C=O) groups excluding carboxylic acids is 1. The van der Waals surface area contributed by atoms with Crippen molar-refractivity contribution in [1.82, 2.24) is 0 Å². The van der Waals surface area contributed by atoms with Crippen molar-refractivity contribution in [3.63, 3.8) is 0 Å². The minimum atomic E-state index is -0.770. The number of ether oxygens (including phenoxy) is 1. The summed E-state index contributed by atoms with van der Waals surface area (Å²) in [6.07, 6.45) is 6.00. The average Bonchev–Trinajstić information content (AvgIpc) is 2.42. The Hall–Kier alpha value is -2.09. The summed E-state index contributed by atoms with van der Waals surface area (Å²) >= 11 is 0. The van der Waals surface area contributed by atoms with Crippen LogP contribution >= 0.6 is 0 Å². The van der Waals surface area contributed by atoms with Crippen molar-refractivity contribution in [3.8, 4) is 0 Å². The normalized spacial score (nSPS) is 21.3. The smallest absolute Gasteiger partial charge is 0.320 e. The molecular weight excluding hydrogens is 224 g/mol. The average molecular weight is 240 g/mol. The largest absolute Gasteiger partial charge is 0.468 e. The first-order valence-corrected chi connectivity index (χ1v) is 5.83. The van der Waals surface area contributed by atoms with E-state index in [9.17, 15) is 4.79 Å². The van der Waals surface area contributed by atoms with E-state index >= 15 is 0 Å². The second-order valence-corrected chi connectivity index (χ2v) is 4.36. The fraction of sp³-hybridized carbons (Fsp3) is 0.188. The van der Waals surface area contributed by atoms with E-state index in [0.717, 1.165) is 16.7 Å². The number of rotatable bonds is 3. The predicted molar refractivity (Wildman–Crippen MR) is 73.1 cm³/mol. The van der Waals surface area contributed by atoms with E-state index in [2.05, 4.69) is 13.2 Å². The van der Waals surface area contributed by atoms with E-state index in [1.807, 2.05) is 36.4 Å². The van der Waals surface area contributed by atoms with Gasteiger partial charge in [0.15, 0.2) is 0 Å². The Bertz CT molecular complexity index is 540. The lowest BCUT2D eigenvalue weighted by atomic mass is 9.71. The molecule has 1 unspecified atom stereocenters.